The Kier molecular flexibility index (Phi) is 3.60. The van der Waals surface area contributed by atoms with E-state index in [0.717, 1.165) is 5.02 Å². The Morgan fingerprint density at radius 3 is 2.00 bits per heavy atom. The van der Waals surface area contributed by atoms with Gasteiger partial charge in [-0.05, 0) is 23.3 Å². The van der Waals surface area contributed by atoms with Crippen LogP contribution in [-0.2, 0) is 0 Å². The zero-order chi connectivity index (χ0) is 11.4. The van der Waals surface area contributed by atoms with E-state index in [1.54, 1.807) is 0 Å². The van der Waals surface area contributed by atoms with Crippen molar-refractivity contribution in [2.75, 3.05) is 6.54 Å². The van der Waals surface area contributed by atoms with E-state index in [0.29, 0.717) is 6.54 Å². The van der Waals surface area contributed by atoms with Crippen molar-refractivity contribution < 1.29 is 0 Å². The number of hydrogen-bond donors (Lipinski definition) is 1. The summed E-state index contributed by atoms with van der Waals surface area (Å²) in [5.41, 5.74) is 8.29. The van der Waals surface area contributed by atoms with Crippen molar-refractivity contribution in [2.24, 2.45) is 5.73 Å². The first-order chi connectivity index (χ1) is 7.81. The first-order valence-corrected chi connectivity index (χ1v) is 5.69. The molecule has 0 saturated carbocycles. The van der Waals surface area contributed by atoms with E-state index in [9.17, 15) is 0 Å². The van der Waals surface area contributed by atoms with Gasteiger partial charge < -0.3 is 5.73 Å². The average molecular weight is 232 g/mol. The maximum atomic E-state index is 5.87. The van der Waals surface area contributed by atoms with Gasteiger partial charge in [0.15, 0.2) is 0 Å². The molecule has 0 aliphatic carbocycles. The Balaban J connectivity index is 2.33. The van der Waals surface area contributed by atoms with E-state index >= 15 is 0 Å². The minimum atomic E-state index is 0.249. The van der Waals surface area contributed by atoms with E-state index in [2.05, 4.69) is 12.1 Å². The van der Waals surface area contributed by atoms with E-state index in [1.165, 1.54) is 11.1 Å². The molecule has 0 bridgehead atoms. The molecule has 16 heavy (non-hydrogen) atoms. The van der Waals surface area contributed by atoms with Crippen LogP contribution < -0.4 is 5.73 Å². The van der Waals surface area contributed by atoms with Crippen LogP contribution in [0.15, 0.2) is 54.6 Å². The van der Waals surface area contributed by atoms with Gasteiger partial charge >= 0.3 is 0 Å². The highest BCUT2D eigenvalue weighted by Gasteiger charge is 2.11. The highest BCUT2D eigenvalue weighted by molar-refractivity contribution is 6.30. The van der Waals surface area contributed by atoms with Crippen LogP contribution in [0.4, 0.5) is 0 Å². The normalized spacial score (nSPS) is 12.4. The number of hydrogen-bond acceptors (Lipinski definition) is 1. The molecular formula is C14H14ClN. The summed E-state index contributed by atoms with van der Waals surface area (Å²) < 4.78 is 0. The quantitative estimate of drug-likeness (QED) is 0.861. The first-order valence-electron chi connectivity index (χ1n) is 5.31. The predicted octanol–water partition coefficient (Wildman–Crippen LogP) is 3.43. The van der Waals surface area contributed by atoms with Crippen molar-refractivity contribution in [1.82, 2.24) is 0 Å². The minimum Gasteiger partial charge on any atom is -0.330 e. The second-order valence-corrected chi connectivity index (χ2v) is 4.19. The summed E-state index contributed by atoms with van der Waals surface area (Å²) in [4.78, 5) is 0. The SMILES string of the molecule is NCC(c1ccccc1)c1ccc(Cl)cc1. The lowest BCUT2D eigenvalue weighted by molar-refractivity contribution is 0.819. The molecule has 0 radical (unpaired) electrons. The minimum absolute atomic E-state index is 0.249. The summed E-state index contributed by atoms with van der Waals surface area (Å²) in [6.45, 7) is 0.603. The van der Waals surface area contributed by atoms with E-state index < -0.39 is 0 Å². The molecule has 0 fully saturated rings. The Morgan fingerprint density at radius 2 is 1.44 bits per heavy atom. The van der Waals surface area contributed by atoms with Gasteiger partial charge in [-0.1, -0.05) is 54.1 Å². The van der Waals surface area contributed by atoms with Crippen molar-refractivity contribution in [3.8, 4) is 0 Å². The van der Waals surface area contributed by atoms with Gasteiger partial charge in [0.2, 0.25) is 0 Å². The fourth-order valence-electron chi connectivity index (χ4n) is 1.85. The summed E-state index contributed by atoms with van der Waals surface area (Å²) in [6.07, 6.45) is 0. The smallest absolute Gasteiger partial charge is 0.0406 e. The van der Waals surface area contributed by atoms with Crippen LogP contribution in [0.25, 0.3) is 0 Å². The van der Waals surface area contributed by atoms with Crippen molar-refractivity contribution in [2.45, 2.75) is 5.92 Å². The number of benzene rings is 2. The molecule has 2 heteroatoms. The Bertz CT molecular complexity index is 436. The molecule has 82 valence electrons. The molecule has 0 saturated heterocycles. The third kappa shape index (κ3) is 2.43. The lowest BCUT2D eigenvalue weighted by Gasteiger charge is -2.15. The Labute approximate surface area is 101 Å². The monoisotopic (exact) mass is 231 g/mol. The van der Waals surface area contributed by atoms with E-state index in [4.69, 9.17) is 17.3 Å². The molecule has 0 spiro atoms. The predicted molar refractivity (Wildman–Crippen MR) is 68.8 cm³/mol. The molecule has 0 aliphatic heterocycles. The maximum Gasteiger partial charge on any atom is 0.0406 e. The zero-order valence-corrected chi connectivity index (χ0v) is 9.69. The second-order valence-electron chi connectivity index (χ2n) is 3.75. The van der Waals surface area contributed by atoms with Crippen molar-refractivity contribution in [1.29, 1.82) is 0 Å². The summed E-state index contributed by atoms with van der Waals surface area (Å²) in [5.74, 6) is 0.249. The highest BCUT2D eigenvalue weighted by Crippen LogP contribution is 2.24. The number of nitrogens with two attached hydrogens (primary N) is 1. The fraction of sp³-hybridized carbons (Fsp3) is 0.143. The summed E-state index contributed by atoms with van der Waals surface area (Å²) in [5, 5.41) is 0.757. The molecule has 2 aromatic carbocycles. The fourth-order valence-corrected chi connectivity index (χ4v) is 1.97. The van der Waals surface area contributed by atoms with Crippen molar-refractivity contribution >= 4 is 11.6 Å². The maximum absolute atomic E-state index is 5.87. The van der Waals surface area contributed by atoms with Gasteiger partial charge in [-0.15, -0.1) is 0 Å². The van der Waals surface area contributed by atoms with E-state index in [-0.39, 0.29) is 5.92 Å². The number of halogens is 1. The average Bonchev–Trinajstić information content (AvgIpc) is 2.34. The molecular weight excluding hydrogens is 218 g/mol. The second kappa shape index (κ2) is 5.15. The molecule has 0 amide bonds. The van der Waals surface area contributed by atoms with Crippen LogP contribution in [0.3, 0.4) is 0 Å². The van der Waals surface area contributed by atoms with Crippen LogP contribution in [0.2, 0.25) is 5.02 Å². The molecule has 2 rings (SSSR count). The Morgan fingerprint density at radius 1 is 0.875 bits per heavy atom. The molecule has 2 aromatic rings. The van der Waals surface area contributed by atoms with Crippen LogP contribution in [0.1, 0.15) is 17.0 Å². The summed E-state index contributed by atoms with van der Waals surface area (Å²) >= 11 is 5.87. The topological polar surface area (TPSA) is 26.0 Å². The van der Waals surface area contributed by atoms with Gasteiger partial charge in [-0.25, -0.2) is 0 Å². The lowest BCUT2D eigenvalue weighted by Crippen LogP contribution is -2.13. The van der Waals surface area contributed by atoms with Gasteiger partial charge in [0.25, 0.3) is 0 Å². The van der Waals surface area contributed by atoms with Crippen molar-refractivity contribution in [3.05, 3.63) is 70.7 Å². The molecule has 1 atom stereocenters. The van der Waals surface area contributed by atoms with Gasteiger partial charge in [0.05, 0.1) is 0 Å². The van der Waals surface area contributed by atoms with E-state index in [1.807, 2.05) is 42.5 Å². The molecule has 1 nitrogen and oxygen atoms in total. The standard InChI is InChI=1S/C14H14ClN/c15-13-8-6-12(7-9-13)14(10-16)11-4-2-1-3-5-11/h1-9,14H,10,16H2. The molecule has 1 unspecified atom stereocenters. The molecule has 0 aliphatic rings. The molecule has 2 N–H and O–H groups in total. The molecule has 0 heterocycles. The first kappa shape index (κ1) is 11.2. The summed E-state index contributed by atoms with van der Waals surface area (Å²) in [7, 11) is 0. The van der Waals surface area contributed by atoms with Gasteiger partial charge in [0, 0.05) is 17.5 Å². The van der Waals surface area contributed by atoms with Crippen LogP contribution in [0, 0.1) is 0 Å². The third-order valence-electron chi connectivity index (χ3n) is 2.71. The van der Waals surface area contributed by atoms with Gasteiger partial charge in [-0.3, -0.25) is 0 Å². The Hall–Kier alpha value is -1.31. The van der Waals surface area contributed by atoms with Crippen LogP contribution >= 0.6 is 11.6 Å². The van der Waals surface area contributed by atoms with Crippen LogP contribution in [-0.4, -0.2) is 6.54 Å². The summed E-state index contributed by atoms with van der Waals surface area (Å²) in [6, 6.07) is 18.2. The zero-order valence-electron chi connectivity index (χ0n) is 8.94. The largest absolute Gasteiger partial charge is 0.330 e. The van der Waals surface area contributed by atoms with Gasteiger partial charge in [-0.2, -0.15) is 0 Å². The van der Waals surface area contributed by atoms with Gasteiger partial charge in [0.1, 0.15) is 0 Å². The lowest BCUT2D eigenvalue weighted by atomic mass is 9.91. The highest BCUT2D eigenvalue weighted by atomic mass is 35.5. The van der Waals surface area contributed by atoms with Crippen LogP contribution in [0.5, 0.6) is 0 Å². The number of rotatable bonds is 3. The molecule has 0 aromatic heterocycles. The third-order valence-corrected chi connectivity index (χ3v) is 2.96. The van der Waals surface area contributed by atoms with Crippen molar-refractivity contribution in [3.63, 3.8) is 0 Å².